The van der Waals surface area contributed by atoms with Crippen LogP contribution in [-0.4, -0.2) is 39.4 Å². The average Bonchev–Trinajstić information content (AvgIpc) is 2.91. The van der Waals surface area contributed by atoms with E-state index in [9.17, 15) is 9.59 Å². The molecular weight excluding hydrogens is 344 g/mol. The third-order valence-corrected chi connectivity index (χ3v) is 3.69. The Hall–Kier alpha value is -2.50. The molecule has 148 valence electrons. The number of aromatic nitrogens is 1. The summed E-state index contributed by atoms with van der Waals surface area (Å²) in [6, 6.07) is 10.1. The fourth-order valence-electron chi connectivity index (χ4n) is 2.63. The first kappa shape index (κ1) is 20.8. The lowest BCUT2D eigenvalue weighted by Crippen LogP contribution is -2.44. The number of benzene rings is 1. The standard InChI is InChI=1S/C21H30N2O4/c1-20(2,3)26-18(24)23(19(25)27-21(4,5)6)14-9-13-22-15-12-16-10-7-8-11-17(16)22/h7-8,10-12,15H,9,13-14H2,1-6H3. The second-order valence-electron chi connectivity index (χ2n) is 8.53. The van der Waals surface area contributed by atoms with Crippen molar-refractivity contribution in [2.45, 2.75) is 65.7 Å². The van der Waals surface area contributed by atoms with Crippen LogP contribution in [0, 0.1) is 0 Å². The van der Waals surface area contributed by atoms with Crippen molar-refractivity contribution < 1.29 is 19.1 Å². The van der Waals surface area contributed by atoms with Crippen molar-refractivity contribution in [3.05, 3.63) is 36.5 Å². The van der Waals surface area contributed by atoms with Crippen molar-refractivity contribution in [3.63, 3.8) is 0 Å². The molecule has 0 saturated heterocycles. The molecule has 0 fully saturated rings. The lowest BCUT2D eigenvalue weighted by Gasteiger charge is -2.28. The summed E-state index contributed by atoms with van der Waals surface area (Å²) >= 11 is 0. The van der Waals surface area contributed by atoms with Gasteiger partial charge in [0.1, 0.15) is 11.2 Å². The number of ether oxygens (including phenoxy) is 2. The first-order chi connectivity index (χ1) is 12.5. The van der Waals surface area contributed by atoms with Crippen LogP contribution in [0.15, 0.2) is 36.5 Å². The number of imide groups is 1. The number of nitrogens with zero attached hydrogens (tertiary/aromatic N) is 2. The molecule has 0 atom stereocenters. The maximum absolute atomic E-state index is 12.5. The summed E-state index contributed by atoms with van der Waals surface area (Å²) in [7, 11) is 0. The van der Waals surface area contributed by atoms with Crippen LogP contribution < -0.4 is 0 Å². The third-order valence-electron chi connectivity index (χ3n) is 3.69. The molecule has 1 heterocycles. The molecule has 2 rings (SSSR count). The average molecular weight is 374 g/mol. The van der Waals surface area contributed by atoms with E-state index < -0.39 is 23.4 Å². The Morgan fingerprint density at radius 3 is 2.04 bits per heavy atom. The van der Waals surface area contributed by atoms with Crippen molar-refractivity contribution in [2.24, 2.45) is 0 Å². The third kappa shape index (κ3) is 6.31. The van der Waals surface area contributed by atoms with Gasteiger partial charge in [-0.3, -0.25) is 0 Å². The van der Waals surface area contributed by atoms with Gasteiger partial charge in [-0.2, -0.15) is 0 Å². The normalized spacial score (nSPS) is 12.1. The quantitative estimate of drug-likeness (QED) is 0.737. The number of fused-ring (bicyclic) bond motifs is 1. The number of amides is 2. The molecule has 6 heteroatoms. The highest BCUT2D eigenvalue weighted by molar-refractivity contribution is 5.88. The Morgan fingerprint density at radius 2 is 1.48 bits per heavy atom. The molecule has 2 aromatic rings. The van der Waals surface area contributed by atoms with E-state index in [-0.39, 0.29) is 6.54 Å². The molecule has 0 saturated carbocycles. The molecule has 0 aliphatic heterocycles. The molecule has 2 amide bonds. The van der Waals surface area contributed by atoms with Crippen LogP contribution in [0.3, 0.4) is 0 Å². The Morgan fingerprint density at radius 1 is 0.926 bits per heavy atom. The van der Waals surface area contributed by atoms with E-state index in [1.54, 1.807) is 41.5 Å². The minimum Gasteiger partial charge on any atom is -0.443 e. The lowest BCUT2D eigenvalue weighted by molar-refractivity contribution is 0.00113. The summed E-state index contributed by atoms with van der Waals surface area (Å²) in [4.78, 5) is 26.0. The molecule has 0 radical (unpaired) electrons. The maximum atomic E-state index is 12.5. The zero-order valence-electron chi connectivity index (χ0n) is 17.1. The van der Waals surface area contributed by atoms with Crippen molar-refractivity contribution in [3.8, 4) is 0 Å². The largest absolute Gasteiger partial charge is 0.443 e. The first-order valence-corrected chi connectivity index (χ1v) is 9.24. The fraction of sp³-hybridized carbons (Fsp3) is 0.524. The van der Waals surface area contributed by atoms with Gasteiger partial charge in [-0.25, -0.2) is 14.5 Å². The number of rotatable bonds is 4. The topological polar surface area (TPSA) is 60.8 Å². The van der Waals surface area contributed by atoms with Gasteiger partial charge in [-0.1, -0.05) is 18.2 Å². The number of hydrogen-bond donors (Lipinski definition) is 0. The number of hydrogen-bond acceptors (Lipinski definition) is 4. The van der Waals surface area contributed by atoms with E-state index in [4.69, 9.17) is 9.47 Å². The van der Waals surface area contributed by atoms with Crippen LogP contribution in [0.1, 0.15) is 48.0 Å². The summed E-state index contributed by atoms with van der Waals surface area (Å²) in [5, 5.41) is 1.16. The number of carbonyl (C=O) groups is 2. The van der Waals surface area contributed by atoms with E-state index in [0.29, 0.717) is 13.0 Å². The minimum atomic E-state index is -0.687. The van der Waals surface area contributed by atoms with Gasteiger partial charge in [0.25, 0.3) is 0 Å². The van der Waals surface area contributed by atoms with Crippen LogP contribution in [0.25, 0.3) is 10.9 Å². The monoisotopic (exact) mass is 374 g/mol. The molecule has 0 N–H and O–H groups in total. The van der Waals surface area contributed by atoms with Crippen LogP contribution in [-0.2, 0) is 16.0 Å². The predicted molar refractivity (Wildman–Crippen MR) is 106 cm³/mol. The van der Waals surface area contributed by atoms with Crippen molar-refractivity contribution in [1.82, 2.24) is 9.47 Å². The smallest absolute Gasteiger partial charge is 0.419 e. The van der Waals surface area contributed by atoms with Crippen molar-refractivity contribution in [2.75, 3.05) is 6.54 Å². The molecule has 0 spiro atoms. The first-order valence-electron chi connectivity index (χ1n) is 9.24. The van der Waals surface area contributed by atoms with E-state index in [1.807, 2.05) is 18.3 Å². The van der Waals surface area contributed by atoms with Gasteiger partial charge in [0.15, 0.2) is 0 Å². The summed E-state index contributed by atoms with van der Waals surface area (Å²) < 4.78 is 12.9. The Labute approximate surface area is 161 Å². The van der Waals surface area contributed by atoms with Gasteiger partial charge in [-0.05, 0) is 65.5 Å². The highest BCUT2D eigenvalue weighted by Gasteiger charge is 2.30. The van der Waals surface area contributed by atoms with E-state index in [2.05, 4.69) is 22.8 Å². The Balaban J connectivity index is 2.06. The summed E-state index contributed by atoms with van der Waals surface area (Å²) in [5.41, 5.74) is -0.249. The second-order valence-corrected chi connectivity index (χ2v) is 8.53. The van der Waals surface area contributed by atoms with Crippen LogP contribution in [0.2, 0.25) is 0 Å². The Bertz CT molecular complexity index is 768. The van der Waals surface area contributed by atoms with Crippen LogP contribution in [0.5, 0.6) is 0 Å². The van der Waals surface area contributed by atoms with Gasteiger partial charge in [0.05, 0.1) is 0 Å². The van der Waals surface area contributed by atoms with E-state index in [1.165, 1.54) is 0 Å². The molecule has 1 aromatic heterocycles. The van der Waals surface area contributed by atoms with Gasteiger partial charge in [0.2, 0.25) is 0 Å². The molecule has 0 unspecified atom stereocenters. The second kappa shape index (κ2) is 8.03. The Kier molecular flexibility index (Phi) is 6.19. The maximum Gasteiger partial charge on any atom is 0.419 e. The highest BCUT2D eigenvalue weighted by Crippen LogP contribution is 2.17. The number of carbonyl (C=O) groups excluding carboxylic acids is 2. The molecule has 1 aromatic carbocycles. The summed E-state index contributed by atoms with van der Waals surface area (Å²) in [6.45, 7) is 11.5. The zero-order valence-corrected chi connectivity index (χ0v) is 17.1. The van der Waals surface area contributed by atoms with Crippen LogP contribution in [0.4, 0.5) is 9.59 Å². The van der Waals surface area contributed by atoms with Crippen LogP contribution >= 0.6 is 0 Å². The van der Waals surface area contributed by atoms with E-state index in [0.717, 1.165) is 15.8 Å². The predicted octanol–water partition coefficient (Wildman–Crippen LogP) is 5.20. The lowest BCUT2D eigenvalue weighted by atomic mass is 10.2. The highest BCUT2D eigenvalue weighted by atomic mass is 16.6. The molecule has 0 aliphatic rings. The van der Waals surface area contributed by atoms with Crippen molar-refractivity contribution >= 4 is 23.1 Å². The zero-order chi connectivity index (χ0) is 20.2. The van der Waals surface area contributed by atoms with E-state index >= 15 is 0 Å². The summed E-state index contributed by atoms with van der Waals surface area (Å²) in [5.74, 6) is 0. The minimum absolute atomic E-state index is 0.219. The molecule has 27 heavy (non-hydrogen) atoms. The van der Waals surface area contributed by atoms with Gasteiger partial charge in [0, 0.05) is 24.8 Å². The van der Waals surface area contributed by atoms with Gasteiger partial charge in [-0.15, -0.1) is 0 Å². The molecular formula is C21H30N2O4. The molecule has 0 aliphatic carbocycles. The summed E-state index contributed by atoms with van der Waals surface area (Å²) in [6.07, 6.45) is 1.23. The number of para-hydroxylation sites is 1. The SMILES string of the molecule is CC(C)(C)OC(=O)N(CCCn1ccc2ccccc21)C(=O)OC(C)(C)C. The van der Waals surface area contributed by atoms with Crippen molar-refractivity contribution in [1.29, 1.82) is 0 Å². The van der Waals surface area contributed by atoms with Gasteiger partial charge >= 0.3 is 12.2 Å². The number of aryl methyl sites for hydroxylation is 1. The molecule has 0 bridgehead atoms. The van der Waals surface area contributed by atoms with Gasteiger partial charge < -0.3 is 14.0 Å². The molecule has 6 nitrogen and oxygen atoms in total. The fourth-order valence-corrected chi connectivity index (χ4v) is 2.63.